The van der Waals surface area contributed by atoms with Crippen molar-refractivity contribution in [3.05, 3.63) is 12.5 Å². The van der Waals surface area contributed by atoms with E-state index in [0.29, 0.717) is 25.9 Å². The smallest absolute Gasteiger partial charge is 0.260 e. The van der Waals surface area contributed by atoms with E-state index in [4.69, 9.17) is 0 Å². The van der Waals surface area contributed by atoms with Gasteiger partial charge in [-0.05, 0) is 12.8 Å². The molecule has 0 unspecified atom stereocenters. The average molecular weight is 272 g/mol. The summed E-state index contributed by atoms with van der Waals surface area (Å²) in [5.41, 5.74) is 0. The van der Waals surface area contributed by atoms with Crippen LogP contribution in [0.2, 0.25) is 0 Å². The van der Waals surface area contributed by atoms with E-state index in [0.717, 1.165) is 0 Å². The van der Waals surface area contributed by atoms with Gasteiger partial charge in [-0.2, -0.15) is 4.31 Å². The van der Waals surface area contributed by atoms with Crippen LogP contribution in [0.25, 0.3) is 0 Å². The van der Waals surface area contributed by atoms with Crippen LogP contribution in [0.15, 0.2) is 17.6 Å². The van der Waals surface area contributed by atoms with Gasteiger partial charge in [0.25, 0.3) is 10.0 Å². The predicted molar refractivity (Wildman–Crippen MR) is 64.1 cm³/mol. The largest absolute Gasteiger partial charge is 0.359 e. The standard InChI is InChI=1S/C10H16N4O3S/c1-11-10(15)8-2-4-14(5-3-8)18(16,17)9-6-12-7-13-9/h6-8H,2-5H2,1H3,(H,11,15)(H,12,13). The van der Waals surface area contributed by atoms with Gasteiger partial charge in [0.1, 0.15) is 0 Å². The van der Waals surface area contributed by atoms with Crippen LogP contribution in [0.1, 0.15) is 12.8 Å². The molecule has 2 heterocycles. The minimum absolute atomic E-state index is 0.0198. The zero-order valence-electron chi connectivity index (χ0n) is 10.1. The molecule has 1 fully saturated rings. The lowest BCUT2D eigenvalue weighted by Gasteiger charge is -2.29. The molecule has 0 aliphatic carbocycles. The summed E-state index contributed by atoms with van der Waals surface area (Å²) >= 11 is 0. The Morgan fingerprint density at radius 3 is 2.67 bits per heavy atom. The number of hydrogen-bond donors (Lipinski definition) is 2. The second kappa shape index (κ2) is 5.07. The number of carbonyl (C=O) groups excluding carboxylic acids is 1. The van der Waals surface area contributed by atoms with Crippen LogP contribution in [0, 0.1) is 5.92 Å². The molecule has 8 heteroatoms. The van der Waals surface area contributed by atoms with Crippen molar-refractivity contribution in [3.8, 4) is 0 Å². The molecule has 100 valence electrons. The highest BCUT2D eigenvalue weighted by Gasteiger charge is 2.32. The number of piperidine rings is 1. The van der Waals surface area contributed by atoms with Crippen LogP contribution in [0.5, 0.6) is 0 Å². The predicted octanol–water partition coefficient (Wildman–Crippen LogP) is -0.444. The van der Waals surface area contributed by atoms with Crippen LogP contribution in [0.3, 0.4) is 0 Å². The third-order valence-electron chi connectivity index (χ3n) is 3.16. The molecule has 2 N–H and O–H groups in total. The summed E-state index contributed by atoms with van der Waals surface area (Å²) < 4.78 is 25.7. The lowest BCUT2D eigenvalue weighted by molar-refractivity contribution is -0.125. The number of hydrogen-bond acceptors (Lipinski definition) is 4. The van der Waals surface area contributed by atoms with Crippen molar-refractivity contribution in [3.63, 3.8) is 0 Å². The zero-order valence-corrected chi connectivity index (χ0v) is 10.9. The van der Waals surface area contributed by atoms with E-state index in [2.05, 4.69) is 15.3 Å². The van der Waals surface area contributed by atoms with Crippen molar-refractivity contribution in [2.24, 2.45) is 5.92 Å². The van der Waals surface area contributed by atoms with E-state index >= 15 is 0 Å². The molecule has 0 spiro atoms. The van der Waals surface area contributed by atoms with Gasteiger partial charge >= 0.3 is 0 Å². The van der Waals surface area contributed by atoms with Crippen molar-refractivity contribution in [1.29, 1.82) is 0 Å². The highest BCUT2D eigenvalue weighted by atomic mass is 32.2. The first-order valence-electron chi connectivity index (χ1n) is 5.76. The van der Waals surface area contributed by atoms with Gasteiger partial charge in [0, 0.05) is 26.1 Å². The summed E-state index contributed by atoms with van der Waals surface area (Å²) in [6.07, 6.45) is 3.73. The van der Waals surface area contributed by atoms with Crippen molar-refractivity contribution < 1.29 is 13.2 Å². The molecule has 0 bridgehead atoms. The Balaban J connectivity index is 2.04. The maximum atomic E-state index is 12.1. The Morgan fingerprint density at radius 1 is 1.50 bits per heavy atom. The molecular weight excluding hydrogens is 256 g/mol. The lowest BCUT2D eigenvalue weighted by atomic mass is 9.97. The first kappa shape index (κ1) is 13.0. The molecule has 1 amide bonds. The van der Waals surface area contributed by atoms with Crippen molar-refractivity contribution in [2.75, 3.05) is 20.1 Å². The molecule has 7 nitrogen and oxygen atoms in total. The van der Waals surface area contributed by atoms with Crippen LogP contribution in [0.4, 0.5) is 0 Å². The summed E-state index contributed by atoms with van der Waals surface area (Å²) in [7, 11) is -1.90. The fourth-order valence-corrected chi connectivity index (χ4v) is 3.45. The molecule has 0 radical (unpaired) electrons. The Kier molecular flexibility index (Phi) is 3.67. The minimum atomic E-state index is -3.49. The number of nitrogens with one attached hydrogen (secondary N) is 2. The molecule has 0 aromatic carbocycles. The van der Waals surface area contributed by atoms with Crippen LogP contribution in [-0.2, 0) is 14.8 Å². The SMILES string of the molecule is CNC(=O)C1CCN(S(=O)(=O)c2cnc[nH]2)CC1. The van der Waals surface area contributed by atoms with Crippen LogP contribution in [-0.4, -0.2) is 48.7 Å². The van der Waals surface area contributed by atoms with Crippen LogP contribution < -0.4 is 5.32 Å². The van der Waals surface area contributed by atoms with Crippen molar-refractivity contribution in [1.82, 2.24) is 19.6 Å². The third-order valence-corrected chi connectivity index (χ3v) is 4.99. The Bertz CT molecular complexity index is 503. The first-order chi connectivity index (χ1) is 8.55. The number of aromatic amines is 1. The summed E-state index contributed by atoms with van der Waals surface area (Å²) in [5.74, 6) is -0.114. The molecule has 1 saturated heterocycles. The lowest BCUT2D eigenvalue weighted by Crippen LogP contribution is -2.42. The van der Waals surface area contributed by atoms with E-state index in [1.54, 1.807) is 7.05 Å². The third kappa shape index (κ3) is 2.39. The Morgan fingerprint density at radius 2 is 2.17 bits per heavy atom. The van der Waals surface area contributed by atoms with Gasteiger partial charge in [-0.1, -0.05) is 0 Å². The van der Waals surface area contributed by atoms with Gasteiger partial charge < -0.3 is 10.3 Å². The topological polar surface area (TPSA) is 95.2 Å². The summed E-state index contributed by atoms with van der Waals surface area (Å²) in [6, 6.07) is 0. The number of carbonyl (C=O) groups is 1. The highest BCUT2D eigenvalue weighted by Crippen LogP contribution is 2.22. The molecule has 2 rings (SSSR count). The second-order valence-corrected chi connectivity index (χ2v) is 6.11. The number of sulfonamides is 1. The van der Waals surface area contributed by atoms with Gasteiger partial charge in [0.2, 0.25) is 5.91 Å². The monoisotopic (exact) mass is 272 g/mol. The van der Waals surface area contributed by atoms with E-state index in [-0.39, 0.29) is 16.9 Å². The molecule has 18 heavy (non-hydrogen) atoms. The molecule has 0 saturated carbocycles. The fraction of sp³-hybridized carbons (Fsp3) is 0.600. The number of amides is 1. The summed E-state index contributed by atoms with van der Waals surface area (Å²) in [6.45, 7) is 0.721. The molecule has 0 atom stereocenters. The van der Waals surface area contributed by atoms with Gasteiger partial charge in [0.05, 0.1) is 12.5 Å². The molecule has 1 aliphatic heterocycles. The Labute approximate surface area is 106 Å². The normalized spacial score (nSPS) is 18.7. The first-order valence-corrected chi connectivity index (χ1v) is 7.20. The van der Waals surface area contributed by atoms with Crippen LogP contribution >= 0.6 is 0 Å². The van der Waals surface area contributed by atoms with Gasteiger partial charge in [-0.3, -0.25) is 4.79 Å². The number of aromatic nitrogens is 2. The van der Waals surface area contributed by atoms with E-state index in [1.165, 1.54) is 16.8 Å². The van der Waals surface area contributed by atoms with E-state index in [1.807, 2.05) is 0 Å². The maximum absolute atomic E-state index is 12.1. The number of imidazole rings is 1. The summed E-state index contributed by atoms with van der Waals surface area (Å²) in [4.78, 5) is 17.8. The molecule has 1 aromatic rings. The number of nitrogens with zero attached hydrogens (tertiary/aromatic N) is 2. The molecule has 1 aliphatic rings. The van der Waals surface area contributed by atoms with Gasteiger partial charge in [0.15, 0.2) is 5.03 Å². The zero-order chi connectivity index (χ0) is 13.2. The number of H-pyrrole nitrogens is 1. The number of rotatable bonds is 3. The van der Waals surface area contributed by atoms with Gasteiger partial charge in [-0.25, -0.2) is 13.4 Å². The quantitative estimate of drug-likeness (QED) is 0.779. The fourth-order valence-electron chi connectivity index (χ4n) is 2.09. The minimum Gasteiger partial charge on any atom is -0.359 e. The maximum Gasteiger partial charge on any atom is 0.260 e. The average Bonchev–Trinajstić information content (AvgIpc) is 2.92. The van der Waals surface area contributed by atoms with E-state index < -0.39 is 10.0 Å². The Hall–Kier alpha value is -1.41. The van der Waals surface area contributed by atoms with Crippen molar-refractivity contribution >= 4 is 15.9 Å². The van der Waals surface area contributed by atoms with E-state index in [9.17, 15) is 13.2 Å². The molecular formula is C10H16N4O3S. The van der Waals surface area contributed by atoms with Gasteiger partial charge in [-0.15, -0.1) is 0 Å². The summed E-state index contributed by atoms with van der Waals surface area (Å²) in [5, 5.41) is 2.69. The highest BCUT2D eigenvalue weighted by molar-refractivity contribution is 7.89. The van der Waals surface area contributed by atoms with Crippen molar-refractivity contribution in [2.45, 2.75) is 17.9 Å². The second-order valence-electron chi connectivity index (χ2n) is 4.21. The molecule has 1 aromatic heterocycles.